The number of aryl methyl sites for hydroxylation is 1. The number of halogens is 2. The van der Waals surface area contributed by atoms with E-state index in [0.717, 1.165) is 0 Å². The highest BCUT2D eigenvalue weighted by atomic mass is 35.5. The van der Waals surface area contributed by atoms with Crippen molar-refractivity contribution in [1.82, 2.24) is 4.98 Å². The second kappa shape index (κ2) is 5.77. The Bertz CT molecular complexity index is 608. The van der Waals surface area contributed by atoms with Gasteiger partial charge in [-0.15, -0.1) is 0 Å². The average molecular weight is 317 g/mol. The van der Waals surface area contributed by atoms with Crippen LogP contribution in [-0.4, -0.2) is 18.1 Å². The summed E-state index contributed by atoms with van der Waals surface area (Å²) in [5.41, 5.74) is 1.17. The van der Waals surface area contributed by atoms with Crippen molar-refractivity contribution in [2.75, 3.05) is 12.4 Å². The number of esters is 1. The third-order valence-electron chi connectivity index (χ3n) is 2.36. The highest BCUT2D eigenvalue weighted by Gasteiger charge is 2.16. The van der Waals surface area contributed by atoms with Crippen LogP contribution < -0.4 is 5.32 Å². The van der Waals surface area contributed by atoms with Gasteiger partial charge in [0.1, 0.15) is 4.88 Å². The molecule has 1 heterocycles. The topological polar surface area (TPSA) is 51.2 Å². The summed E-state index contributed by atoms with van der Waals surface area (Å²) in [6.07, 6.45) is 0. The predicted octanol–water partition coefficient (Wildman–Crippen LogP) is 4.29. The maximum Gasteiger partial charge on any atom is 0.350 e. The minimum Gasteiger partial charge on any atom is -0.465 e. The fourth-order valence-corrected chi connectivity index (χ4v) is 2.84. The zero-order valence-corrected chi connectivity index (χ0v) is 12.5. The van der Waals surface area contributed by atoms with Gasteiger partial charge in [0.2, 0.25) is 0 Å². The Labute approximate surface area is 124 Å². The van der Waals surface area contributed by atoms with Crippen molar-refractivity contribution in [3.8, 4) is 0 Å². The zero-order chi connectivity index (χ0) is 14.0. The Hall–Kier alpha value is -1.30. The highest BCUT2D eigenvalue weighted by Crippen LogP contribution is 2.34. The number of methoxy groups -OCH3 is 1. The van der Waals surface area contributed by atoms with Gasteiger partial charge >= 0.3 is 5.97 Å². The van der Waals surface area contributed by atoms with E-state index in [1.54, 1.807) is 25.1 Å². The van der Waals surface area contributed by atoms with Gasteiger partial charge in [-0.1, -0.05) is 40.6 Å². The Morgan fingerprint density at radius 2 is 2.00 bits per heavy atom. The van der Waals surface area contributed by atoms with Crippen molar-refractivity contribution in [1.29, 1.82) is 0 Å². The highest BCUT2D eigenvalue weighted by molar-refractivity contribution is 7.17. The number of anilines is 2. The lowest BCUT2D eigenvalue weighted by molar-refractivity contribution is 0.0605. The lowest BCUT2D eigenvalue weighted by Gasteiger charge is -2.06. The summed E-state index contributed by atoms with van der Waals surface area (Å²) in [7, 11) is 1.33. The Kier molecular flexibility index (Phi) is 4.29. The van der Waals surface area contributed by atoms with Crippen molar-refractivity contribution >= 4 is 51.3 Å². The van der Waals surface area contributed by atoms with Gasteiger partial charge in [0, 0.05) is 0 Å². The van der Waals surface area contributed by atoms with Crippen molar-refractivity contribution in [3.63, 3.8) is 0 Å². The van der Waals surface area contributed by atoms with Crippen LogP contribution in [-0.2, 0) is 4.74 Å². The van der Waals surface area contributed by atoms with Crippen LogP contribution in [0.15, 0.2) is 18.2 Å². The van der Waals surface area contributed by atoms with Gasteiger partial charge in [-0.25, -0.2) is 9.78 Å². The molecule has 7 heteroatoms. The monoisotopic (exact) mass is 316 g/mol. The van der Waals surface area contributed by atoms with Gasteiger partial charge in [0.05, 0.1) is 28.5 Å². The molecule has 0 saturated carbocycles. The minimum absolute atomic E-state index is 0.409. The van der Waals surface area contributed by atoms with Crippen LogP contribution in [0.25, 0.3) is 0 Å². The zero-order valence-electron chi connectivity index (χ0n) is 10.2. The van der Waals surface area contributed by atoms with Crippen LogP contribution in [0.4, 0.5) is 10.8 Å². The van der Waals surface area contributed by atoms with E-state index in [1.165, 1.54) is 18.4 Å². The molecular formula is C12H10Cl2N2O2S. The van der Waals surface area contributed by atoms with Crippen LogP contribution in [0.2, 0.25) is 10.0 Å². The fraction of sp³-hybridized carbons (Fsp3) is 0.167. The molecule has 4 nitrogen and oxygen atoms in total. The second-order valence-corrected chi connectivity index (χ2v) is 5.46. The molecule has 1 N–H and O–H groups in total. The number of ether oxygens (including phenoxy) is 1. The van der Waals surface area contributed by atoms with E-state index in [-0.39, 0.29) is 0 Å². The maximum absolute atomic E-state index is 11.5. The van der Waals surface area contributed by atoms with Crippen LogP contribution in [0.3, 0.4) is 0 Å². The molecule has 0 aliphatic carbocycles. The number of nitrogens with zero attached hydrogens (tertiary/aromatic N) is 1. The number of hydrogen-bond donors (Lipinski definition) is 1. The molecule has 0 aliphatic rings. The molecule has 2 aromatic rings. The number of rotatable bonds is 3. The molecule has 19 heavy (non-hydrogen) atoms. The minimum atomic E-state index is -0.409. The van der Waals surface area contributed by atoms with Crippen molar-refractivity contribution in [2.24, 2.45) is 0 Å². The van der Waals surface area contributed by atoms with E-state index >= 15 is 0 Å². The van der Waals surface area contributed by atoms with Gasteiger partial charge in [-0.05, 0) is 19.1 Å². The van der Waals surface area contributed by atoms with Gasteiger partial charge in [0.25, 0.3) is 0 Å². The molecular weight excluding hydrogens is 307 g/mol. The molecule has 0 saturated heterocycles. The summed E-state index contributed by atoms with van der Waals surface area (Å²) < 4.78 is 4.68. The van der Waals surface area contributed by atoms with E-state index in [1.807, 2.05) is 0 Å². The van der Waals surface area contributed by atoms with Crippen LogP contribution >= 0.6 is 34.5 Å². The van der Waals surface area contributed by atoms with E-state index in [9.17, 15) is 4.79 Å². The molecule has 0 atom stereocenters. The fourth-order valence-electron chi connectivity index (χ4n) is 1.46. The summed E-state index contributed by atoms with van der Waals surface area (Å²) in [4.78, 5) is 16.2. The molecule has 0 unspecified atom stereocenters. The number of benzene rings is 1. The molecule has 0 bridgehead atoms. The average Bonchev–Trinajstić information content (AvgIpc) is 2.74. The van der Waals surface area contributed by atoms with Gasteiger partial charge in [-0.3, -0.25) is 0 Å². The first-order valence-corrected chi connectivity index (χ1v) is 6.87. The van der Waals surface area contributed by atoms with Crippen LogP contribution in [0, 0.1) is 6.92 Å². The number of para-hydroxylation sites is 1. The molecule has 100 valence electrons. The second-order valence-electron chi connectivity index (χ2n) is 3.65. The predicted molar refractivity (Wildman–Crippen MR) is 77.9 cm³/mol. The molecule has 0 radical (unpaired) electrons. The van der Waals surface area contributed by atoms with E-state index in [4.69, 9.17) is 23.2 Å². The Morgan fingerprint density at radius 1 is 1.37 bits per heavy atom. The summed E-state index contributed by atoms with van der Waals surface area (Å²) in [6, 6.07) is 5.19. The van der Waals surface area contributed by atoms with Gasteiger partial charge < -0.3 is 10.1 Å². The third kappa shape index (κ3) is 3.00. The van der Waals surface area contributed by atoms with Crippen LogP contribution in [0.1, 0.15) is 15.4 Å². The van der Waals surface area contributed by atoms with Gasteiger partial charge in [0.15, 0.2) is 5.13 Å². The number of carbonyl (C=O) groups excluding carboxylic acids is 1. The summed E-state index contributed by atoms with van der Waals surface area (Å²) in [6.45, 7) is 1.74. The third-order valence-corrected chi connectivity index (χ3v) is 4.04. The molecule has 0 fully saturated rings. The van der Waals surface area contributed by atoms with E-state index in [0.29, 0.717) is 31.4 Å². The quantitative estimate of drug-likeness (QED) is 0.858. The lowest BCUT2D eigenvalue weighted by atomic mass is 10.3. The SMILES string of the molecule is COC(=O)c1sc(Nc2c(Cl)cccc2Cl)nc1C. The summed E-state index contributed by atoms with van der Waals surface area (Å²) in [5, 5.41) is 4.52. The number of nitrogens with one attached hydrogen (secondary N) is 1. The van der Waals surface area contributed by atoms with E-state index in [2.05, 4.69) is 15.0 Å². The largest absolute Gasteiger partial charge is 0.465 e. The van der Waals surface area contributed by atoms with Crippen molar-refractivity contribution in [3.05, 3.63) is 38.8 Å². The first-order valence-electron chi connectivity index (χ1n) is 5.29. The van der Waals surface area contributed by atoms with Crippen LogP contribution in [0.5, 0.6) is 0 Å². The number of thiazole rings is 1. The maximum atomic E-state index is 11.5. The molecule has 0 aliphatic heterocycles. The number of aromatic nitrogens is 1. The normalized spacial score (nSPS) is 10.3. The molecule has 1 aromatic carbocycles. The molecule has 2 rings (SSSR count). The molecule has 0 spiro atoms. The number of hydrogen-bond acceptors (Lipinski definition) is 5. The number of carbonyl (C=O) groups is 1. The van der Waals surface area contributed by atoms with E-state index < -0.39 is 5.97 Å². The smallest absolute Gasteiger partial charge is 0.350 e. The van der Waals surface area contributed by atoms with Crippen molar-refractivity contribution < 1.29 is 9.53 Å². The standard InChI is InChI=1S/C12H10Cl2N2O2S/c1-6-10(11(17)18-2)19-12(15-6)16-9-7(13)4-3-5-8(9)14/h3-5H,1-2H3,(H,15,16). The lowest BCUT2D eigenvalue weighted by Crippen LogP contribution is -1.99. The Morgan fingerprint density at radius 3 is 2.58 bits per heavy atom. The van der Waals surface area contributed by atoms with Crippen molar-refractivity contribution in [2.45, 2.75) is 6.92 Å². The summed E-state index contributed by atoms with van der Waals surface area (Å²) in [5.74, 6) is -0.409. The Balaban J connectivity index is 2.32. The molecule has 0 amide bonds. The first-order chi connectivity index (χ1) is 9.02. The first kappa shape index (κ1) is 14.1. The summed E-state index contributed by atoms with van der Waals surface area (Å²) >= 11 is 13.3. The van der Waals surface area contributed by atoms with Gasteiger partial charge in [-0.2, -0.15) is 0 Å². The molecule has 1 aromatic heterocycles.